The maximum Gasteiger partial charge on any atom is 0.248 e. The molecule has 0 fully saturated rings. The van der Waals surface area contributed by atoms with Gasteiger partial charge >= 0.3 is 0 Å². The van der Waals surface area contributed by atoms with Crippen molar-refractivity contribution in [2.24, 2.45) is 5.73 Å². The molecule has 0 saturated carbocycles. The molecular formula is C13H12BrN3O2. The van der Waals surface area contributed by atoms with Crippen LogP contribution in [0.25, 0.3) is 0 Å². The lowest BCUT2D eigenvalue weighted by atomic mass is 10.1. The number of nitrogen functional groups attached to an aromatic ring is 1. The Morgan fingerprint density at radius 3 is 2.74 bits per heavy atom. The molecule has 1 aromatic heterocycles. The van der Waals surface area contributed by atoms with Crippen molar-refractivity contribution in [2.75, 3.05) is 5.73 Å². The summed E-state index contributed by atoms with van der Waals surface area (Å²) in [4.78, 5) is 15.0. The molecule has 2 rings (SSSR count). The number of anilines is 1. The highest BCUT2D eigenvalue weighted by Gasteiger charge is 2.06. The van der Waals surface area contributed by atoms with Gasteiger partial charge in [-0.3, -0.25) is 9.78 Å². The average Bonchev–Trinajstić information content (AvgIpc) is 2.37. The van der Waals surface area contributed by atoms with Crippen molar-refractivity contribution in [3.8, 4) is 5.75 Å². The molecule has 0 aliphatic carbocycles. The monoisotopic (exact) mass is 321 g/mol. The molecule has 2 aromatic rings. The van der Waals surface area contributed by atoms with Gasteiger partial charge < -0.3 is 16.2 Å². The second kappa shape index (κ2) is 5.71. The summed E-state index contributed by atoms with van der Waals surface area (Å²) in [5.41, 5.74) is 12.6. The number of ether oxygens (including phenoxy) is 1. The number of halogens is 1. The van der Waals surface area contributed by atoms with Crippen LogP contribution in [0.2, 0.25) is 0 Å². The number of nitrogens with two attached hydrogens (primary N) is 2. The number of nitrogens with zero attached hydrogens (tertiary/aromatic N) is 1. The molecular weight excluding hydrogens is 310 g/mol. The van der Waals surface area contributed by atoms with E-state index in [9.17, 15) is 4.79 Å². The predicted molar refractivity (Wildman–Crippen MR) is 75.6 cm³/mol. The lowest BCUT2D eigenvalue weighted by Gasteiger charge is -2.09. The Morgan fingerprint density at radius 1 is 1.32 bits per heavy atom. The number of amides is 1. The van der Waals surface area contributed by atoms with Gasteiger partial charge in [0, 0.05) is 27.5 Å². The molecule has 0 saturated heterocycles. The topological polar surface area (TPSA) is 91.2 Å². The van der Waals surface area contributed by atoms with Crippen molar-refractivity contribution in [1.29, 1.82) is 0 Å². The number of hydrogen-bond donors (Lipinski definition) is 2. The van der Waals surface area contributed by atoms with Crippen LogP contribution in [0.5, 0.6) is 5.75 Å². The third-order valence-corrected chi connectivity index (χ3v) is 2.94. The Hall–Kier alpha value is -2.08. The minimum absolute atomic E-state index is 0.295. The van der Waals surface area contributed by atoms with Crippen LogP contribution in [0.15, 0.2) is 41.1 Å². The first kappa shape index (κ1) is 13.4. The quantitative estimate of drug-likeness (QED) is 0.843. The Labute approximate surface area is 118 Å². The minimum atomic E-state index is -0.504. The number of aromatic nitrogens is 1. The molecule has 0 bridgehead atoms. The average molecular weight is 322 g/mol. The number of primary amides is 1. The summed E-state index contributed by atoms with van der Waals surface area (Å²) in [6.07, 6.45) is 3.28. The van der Waals surface area contributed by atoms with E-state index < -0.39 is 5.91 Å². The summed E-state index contributed by atoms with van der Waals surface area (Å²) < 4.78 is 6.40. The zero-order valence-corrected chi connectivity index (χ0v) is 11.6. The fourth-order valence-corrected chi connectivity index (χ4v) is 1.86. The van der Waals surface area contributed by atoms with Crippen LogP contribution < -0.4 is 16.2 Å². The van der Waals surface area contributed by atoms with Crippen molar-refractivity contribution < 1.29 is 9.53 Å². The molecule has 0 spiro atoms. The van der Waals surface area contributed by atoms with Gasteiger partial charge in [0.05, 0.1) is 6.20 Å². The van der Waals surface area contributed by atoms with Gasteiger partial charge in [-0.25, -0.2) is 0 Å². The molecule has 5 nitrogen and oxygen atoms in total. The fraction of sp³-hybridized carbons (Fsp3) is 0.0769. The van der Waals surface area contributed by atoms with Gasteiger partial charge in [0.25, 0.3) is 0 Å². The largest absolute Gasteiger partial charge is 0.487 e. The van der Waals surface area contributed by atoms with Gasteiger partial charge in [0.1, 0.15) is 12.4 Å². The van der Waals surface area contributed by atoms with Crippen LogP contribution in [0.4, 0.5) is 5.69 Å². The van der Waals surface area contributed by atoms with Crippen LogP contribution >= 0.6 is 15.9 Å². The number of pyridine rings is 1. The molecule has 4 N–H and O–H groups in total. The SMILES string of the molecule is NC(=O)c1ccc(COc2cncc(Br)c2)c(N)c1. The van der Waals surface area contributed by atoms with Crippen LogP contribution in [-0.2, 0) is 6.61 Å². The summed E-state index contributed by atoms with van der Waals surface area (Å²) in [6.45, 7) is 0.295. The fourth-order valence-electron chi connectivity index (χ4n) is 1.51. The molecule has 1 heterocycles. The highest BCUT2D eigenvalue weighted by Crippen LogP contribution is 2.19. The summed E-state index contributed by atoms with van der Waals surface area (Å²) in [5.74, 6) is 0.128. The van der Waals surface area contributed by atoms with Gasteiger partial charge in [-0.15, -0.1) is 0 Å². The number of rotatable bonds is 4. The van der Waals surface area contributed by atoms with E-state index >= 15 is 0 Å². The minimum Gasteiger partial charge on any atom is -0.487 e. The van der Waals surface area contributed by atoms with E-state index in [0.717, 1.165) is 10.0 Å². The molecule has 0 atom stereocenters. The molecule has 0 unspecified atom stereocenters. The van der Waals surface area contributed by atoms with Gasteiger partial charge in [-0.2, -0.15) is 0 Å². The van der Waals surface area contributed by atoms with E-state index in [1.54, 1.807) is 36.7 Å². The zero-order chi connectivity index (χ0) is 13.8. The number of carbonyl (C=O) groups is 1. The molecule has 98 valence electrons. The number of hydrogen-bond acceptors (Lipinski definition) is 4. The van der Waals surface area contributed by atoms with Gasteiger partial charge in [0.15, 0.2) is 0 Å². The Kier molecular flexibility index (Phi) is 4.01. The molecule has 6 heteroatoms. The van der Waals surface area contributed by atoms with Gasteiger partial charge in [-0.05, 0) is 34.1 Å². The lowest BCUT2D eigenvalue weighted by molar-refractivity contribution is 0.100. The van der Waals surface area contributed by atoms with Crippen LogP contribution in [0.3, 0.4) is 0 Å². The summed E-state index contributed by atoms with van der Waals surface area (Å²) in [5, 5.41) is 0. The van der Waals surface area contributed by atoms with E-state index in [2.05, 4.69) is 20.9 Å². The maximum absolute atomic E-state index is 11.0. The molecule has 0 aliphatic rings. The first-order chi connectivity index (χ1) is 9.06. The molecule has 0 aliphatic heterocycles. The third-order valence-electron chi connectivity index (χ3n) is 2.50. The van der Waals surface area contributed by atoms with E-state index in [1.165, 1.54) is 0 Å². The van der Waals surface area contributed by atoms with Crippen LogP contribution in [0, 0.1) is 0 Å². The first-order valence-electron chi connectivity index (χ1n) is 5.48. The van der Waals surface area contributed by atoms with Crippen LogP contribution in [-0.4, -0.2) is 10.9 Å². The highest BCUT2D eigenvalue weighted by molar-refractivity contribution is 9.10. The highest BCUT2D eigenvalue weighted by atomic mass is 79.9. The smallest absolute Gasteiger partial charge is 0.248 e. The van der Waals surface area contributed by atoms with E-state index in [0.29, 0.717) is 23.6 Å². The van der Waals surface area contributed by atoms with Crippen molar-refractivity contribution in [3.05, 3.63) is 52.3 Å². The first-order valence-corrected chi connectivity index (χ1v) is 6.27. The summed E-state index contributed by atoms with van der Waals surface area (Å²) in [6, 6.07) is 6.69. The molecule has 1 amide bonds. The number of carbonyl (C=O) groups excluding carboxylic acids is 1. The second-order valence-electron chi connectivity index (χ2n) is 3.91. The summed E-state index contributed by atoms with van der Waals surface area (Å²) in [7, 11) is 0. The third kappa shape index (κ3) is 3.45. The lowest BCUT2D eigenvalue weighted by Crippen LogP contribution is -2.12. The van der Waals surface area contributed by atoms with E-state index in [1.807, 2.05) is 0 Å². The standard InChI is InChI=1S/C13H12BrN3O2/c14-10-4-11(6-17-5-10)19-7-9-2-1-8(13(16)18)3-12(9)15/h1-6H,7,15H2,(H2,16,18). The Balaban J connectivity index is 2.10. The predicted octanol–water partition coefficient (Wildman–Crippen LogP) is 2.10. The Morgan fingerprint density at radius 2 is 2.11 bits per heavy atom. The van der Waals surface area contributed by atoms with E-state index in [-0.39, 0.29) is 0 Å². The number of benzene rings is 1. The summed E-state index contributed by atoms with van der Waals surface area (Å²) >= 11 is 3.31. The Bertz CT molecular complexity index is 617. The molecule has 0 radical (unpaired) electrons. The second-order valence-corrected chi connectivity index (χ2v) is 4.82. The normalized spacial score (nSPS) is 10.2. The molecule has 19 heavy (non-hydrogen) atoms. The van der Waals surface area contributed by atoms with Crippen molar-refractivity contribution in [1.82, 2.24) is 4.98 Å². The van der Waals surface area contributed by atoms with Crippen molar-refractivity contribution in [2.45, 2.75) is 6.61 Å². The van der Waals surface area contributed by atoms with Crippen molar-refractivity contribution >= 4 is 27.5 Å². The zero-order valence-electron chi connectivity index (χ0n) is 9.97. The molecule has 1 aromatic carbocycles. The van der Waals surface area contributed by atoms with Crippen molar-refractivity contribution in [3.63, 3.8) is 0 Å². The maximum atomic E-state index is 11.0. The van der Waals surface area contributed by atoms with Gasteiger partial charge in [-0.1, -0.05) is 6.07 Å². The van der Waals surface area contributed by atoms with Gasteiger partial charge in [0.2, 0.25) is 5.91 Å². The van der Waals surface area contributed by atoms with E-state index in [4.69, 9.17) is 16.2 Å². The van der Waals surface area contributed by atoms with Crippen LogP contribution in [0.1, 0.15) is 15.9 Å².